The molecule has 2 rings (SSSR count). The quantitative estimate of drug-likeness (QED) is 0.667. The summed E-state index contributed by atoms with van der Waals surface area (Å²) < 4.78 is 18.8. The maximum Gasteiger partial charge on any atom is 0.270 e. The highest BCUT2D eigenvalue weighted by atomic mass is 19.1. The Hall–Kier alpha value is -2.02. The van der Waals surface area contributed by atoms with Crippen LogP contribution in [-0.2, 0) is 4.74 Å². The largest absolute Gasteiger partial charge is 0.376 e. The number of carbonyl (C=O) groups excluding carboxylic acids is 1. The monoisotopic (exact) mass is 268 g/mol. The Morgan fingerprint density at radius 3 is 2.89 bits per heavy atom. The fourth-order valence-electron chi connectivity index (χ4n) is 1.97. The van der Waals surface area contributed by atoms with Gasteiger partial charge < -0.3 is 10.1 Å². The van der Waals surface area contributed by atoms with Crippen molar-refractivity contribution in [3.05, 3.63) is 39.7 Å². The molecule has 1 aliphatic rings. The molecule has 2 atom stereocenters. The zero-order chi connectivity index (χ0) is 14.0. The third-order valence-corrected chi connectivity index (χ3v) is 3.10. The summed E-state index contributed by atoms with van der Waals surface area (Å²) in [5, 5.41) is 13.2. The first kappa shape index (κ1) is 13.4. The number of nitrogens with one attached hydrogen (secondary N) is 1. The minimum absolute atomic E-state index is 0.147. The van der Waals surface area contributed by atoms with Crippen LogP contribution in [0.2, 0.25) is 0 Å². The van der Waals surface area contributed by atoms with E-state index in [0.29, 0.717) is 13.0 Å². The highest BCUT2D eigenvalue weighted by Crippen LogP contribution is 2.18. The molecule has 0 spiro atoms. The van der Waals surface area contributed by atoms with E-state index < -0.39 is 16.6 Å². The van der Waals surface area contributed by atoms with Gasteiger partial charge in [0.05, 0.1) is 22.6 Å². The Bertz CT molecular complexity index is 520. The molecule has 1 heterocycles. The van der Waals surface area contributed by atoms with E-state index in [0.717, 1.165) is 18.2 Å². The minimum atomic E-state index is -0.783. The van der Waals surface area contributed by atoms with Crippen LogP contribution in [0, 0.1) is 15.9 Å². The number of nitrogens with zero attached hydrogens (tertiary/aromatic N) is 1. The van der Waals surface area contributed by atoms with Crippen LogP contribution in [0.25, 0.3) is 0 Å². The van der Waals surface area contributed by atoms with Gasteiger partial charge in [-0.25, -0.2) is 4.39 Å². The molecule has 0 aliphatic carbocycles. The molecule has 0 aromatic heterocycles. The Morgan fingerprint density at radius 1 is 1.58 bits per heavy atom. The zero-order valence-electron chi connectivity index (χ0n) is 10.3. The first-order valence-corrected chi connectivity index (χ1v) is 5.85. The van der Waals surface area contributed by atoms with Crippen LogP contribution >= 0.6 is 0 Å². The molecule has 1 aliphatic heterocycles. The van der Waals surface area contributed by atoms with Crippen LogP contribution in [0.4, 0.5) is 10.1 Å². The Morgan fingerprint density at radius 2 is 2.32 bits per heavy atom. The summed E-state index contributed by atoms with van der Waals surface area (Å²) >= 11 is 0. The molecular weight excluding hydrogens is 255 g/mol. The van der Waals surface area contributed by atoms with Crippen molar-refractivity contribution in [2.45, 2.75) is 25.5 Å². The van der Waals surface area contributed by atoms with Crippen LogP contribution in [0.15, 0.2) is 18.2 Å². The Balaban J connectivity index is 2.18. The van der Waals surface area contributed by atoms with Crippen LogP contribution in [0.1, 0.15) is 23.7 Å². The normalized spacial score (nSPS) is 22.2. The topological polar surface area (TPSA) is 81.5 Å². The van der Waals surface area contributed by atoms with Gasteiger partial charge in [-0.15, -0.1) is 0 Å². The molecule has 102 valence electrons. The number of non-ortho nitro benzene ring substituents is 1. The van der Waals surface area contributed by atoms with Crippen molar-refractivity contribution >= 4 is 11.6 Å². The molecule has 1 saturated heterocycles. The van der Waals surface area contributed by atoms with E-state index in [-0.39, 0.29) is 23.4 Å². The lowest BCUT2D eigenvalue weighted by Crippen LogP contribution is -2.39. The smallest absolute Gasteiger partial charge is 0.270 e. The lowest BCUT2D eigenvalue weighted by molar-refractivity contribution is -0.384. The Labute approximate surface area is 108 Å². The molecule has 0 radical (unpaired) electrons. The minimum Gasteiger partial charge on any atom is -0.376 e. The molecule has 1 fully saturated rings. The van der Waals surface area contributed by atoms with Crippen LogP contribution < -0.4 is 5.32 Å². The van der Waals surface area contributed by atoms with E-state index in [2.05, 4.69) is 5.32 Å². The molecule has 1 aromatic rings. The number of hydrogen-bond acceptors (Lipinski definition) is 4. The summed E-state index contributed by atoms with van der Waals surface area (Å²) in [6.07, 6.45) is 0.495. The third-order valence-electron chi connectivity index (χ3n) is 3.10. The molecule has 2 unspecified atom stereocenters. The van der Waals surface area contributed by atoms with E-state index >= 15 is 0 Å². The number of halogens is 1. The van der Waals surface area contributed by atoms with Crippen molar-refractivity contribution in [2.24, 2.45) is 0 Å². The second kappa shape index (κ2) is 5.31. The van der Waals surface area contributed by atoms with Gasteiger partial charge in [-0.1, -0.05) is 0 Å². The van der Waals surface area contributed by atoms with Gasteiger partial charge in [-0.05, 0) is 19.4 Å². The lowest BCUT2D eigenvalue weighted by atomic mass is 10.1. The molecule has 19 heavy (non-hydrogen) atoms. The molecule has 1 aromatic carbocycles. The molecule has 0 bridgehead atoms. The predicted octanol–water partition coefficient (Wildman–Crippen LogP) is 1.64. The van der Waals surface area contributed by atoms with Gasteiger partial charge in [0.2, 0.25) is 0 Å². The maximum atomic E-state index is 13.5. The predicted molar refractivity (Wildman–Crippen MR) is 64.3 cm³/mol. The lowest BCUT2D eigenvalue weighted by Gasteiger charge is -2.16. The van der Waals surface area contributed by atoms with Gasteiger partial charge in [0.15, 0.2) is 0 Å². The summed E-state index contributed by atoms with van der Waals surface area (Å²) in [6, 6.07) is 2.67. The second-order valence-corrected chi connectivity index (χ2v) is 4.37. The number of hydrogen-bond donors (Lipinski definition) is 1. The number of rotatable bonds is 3. The number of amides is 1. The number of nitro groups is 1. The molecule has 7 heteroatoms. The van der Waals surface area contributed by atoms with E-state index in [4.69, 9.17) is 4.74 Å². The standard InChI is InChI=1S/C12H13FN2O4/c1-7-11(4-5-19-7)14-12(16)9-6-8(15(17)18)2-3-10(9)13/h2-3,6-7,11H,4-5H2,1H3,(H,14,16). The first-order valence-electron chi connectivity index (χ1n) is 5.85. The molecule has 1 amide bonds. The van der Waals surface area contributed by atoms with Crippen LogP contribution in [0.3, 0.4) is 0 Å². The summed E-state index contributed by atoms with van der Waals surface area (Å²) in [5.41, 5.74) is -0.643. The summed E-state index contributed by atoms with van der Waals surface area (Å²) in [7, 11) is 0. The molecule has 1 N–H and O–H groups in total. The SMILES string of the molecule is CC1OCCC1NC(=O)c1cc([N+](=O)[O-])ccc1F. The highest BCUT2D eigenvalue weighted by Gasteiger charge is 2.27. The van der Waals surface area contributed by atoms with Gasteiger partial charge in [0.1, 0.15) is 5.82 Å². The number of nitro benzene ring substituents is 1. The number of carbonyl (C=O) groups is 1. The van der Waals surface area contributed by atoms with Crippen LogP contribution in [-0.4, -0.2) is 29.6 Å². The average Bonchev–Trinajstić information content (AvgIpc) is 2.75. The number of benzene rings is 1. The number of ether oxygens (including phenoxy) is 1. The van der Waals surface area contributed by atoms with Gasteiger partial charge in [-0.3, -0.25) is 14.9 Å². The van der Waals surface area contributed by atoms with Crippen LogP contribution in [0.5, 0.6) is 0 Å². The van der Waals surface area contributed by atoms with Gasteiger partial charge in [0.25, 0.3) is 11.6 Å². The highest BCUT2D eigenvalue weighted by molar-refractivity contribution is 5.95. The van der Waals surface area contributed by atoms with E-state index in [1.807, 2.05) is 6.92 Å². The van der Waals surface area contributed by atoms with Crippen molar-refractivity contribution in [1.29, 1.82) is 0 Å². The van der Waals surface area contributed by atoms with Crippen molar-refractivity contribution in [3.63, 3.8) is 0 Å². The fraction of sp³-hybridized carbons (Fsp3) is 0.417. The van der Waals surface area contributed by atoms with E-state index in [1.54, 1.807) is 0 Å². The summed E-state index contributed by atoms with van der Waals surface area (Å²) in [6.45, 7) is 2.34. The fourth-order valence-corrected chi connectivity index (χ4v) is 1.97. The van der Waals surface area contributed by atoms with Crippen molar-refractivity contribution in [2.75, 3.05) is 6.61 Å². The Kier molecular flexibility index (Phi) is 3.75. The molecule has 6 nitrogen and oxygen atoms in total. The van der Waals surface area contributed by atoms with Gasteiger partial charge in [-0.2, -0.15) is 0 Å². The van der Waals surface area contributed by atoms with Crippen molar-refractivity contribution < 1.29 is 18.8 Å². The van der Waals surface area contributed by atoms with E-state index in [9.17, 15) is 19.3 Å². The maximum absolute atomic E-state index is 13.5. The second-order valence-electron chi connectivity index (χ2n) is 4.37. The average molecular weight is 268 g/mol. The molecular formula is C12H13FN2O4. The third kappa shape index (κ3) is 2.87. The first-order chi connectivity index (χ1) is 8.99. The summed E-state index contributed by atoms with van der Waals surface area (Å²) in [4.78, 5) is 21.9. The summed E-state index contributed by atoms with van der Waals surface area (Å²) in [5.74, 6) is -1.45. The van der Waals surface area contributed by atoms with Gasteiger partial charge >= 0.3 is 0 Å². The van der Waals surface area contributed by atoms with E-state index in [1.165, 1.54) is 0 Å². The molecule has 0 saturated carbocycles. The zero-order valence-corrected chi connectivity index (χ0v) is 10.3. The van der Waals surface area contributed by atoms with Crippen molar-refractivity contribution in [1.82, 2.24) is 5.32 Å². The van der Waals surface area contributed by atoms with Gasteiger partial charge in [0, 0.05) is 18.7 Å². The van der Waals surface area contributed by atoms with Crippen molar-refractivity contribution in [3.8, 4) is 0 Å².